The molecule has 1 heterocycles. The van der Waals surface area contributed by atoms with Crippen LogP contribution in [0.2, 0.25) is 0 Å². The number of aliphatic hydroxyl groups is 1. The van der Waals surface area contributed by atoms with Gasteiger partial charge in [-0.25, -0.2) is 4.79 Å². The fourth-order valence-electron chi connectivity index (χ4n) is 3.20. The molecule has 1 fully saturated rings. The second-order valence-electron chi connectivity index (χ2n) is 6.47. The van der Waals surface area contributed by atoms with Crippen LogP contribution in [0.15, 0.2) is 30.3 Å². The fourth-order valence-corrected chi connectivity index (χ4v) is 3.20. The SMILES string of the molecule is CCCCCCNC(=O)N1CCC(C(O)c2ccccc2)CC1. The smallest absolute Gasteiger partial charge is 0.317 e. The Morgan fingerprint density at radius 2 is 1.91 bits per heavy atom. The molecule has 1 saturated heterocycles. The number of amides is 2. The summed E-state index contributed by atoms with van der Waals surface area (Å²) in [7, 11) is 0. The molecule has 23 heavy (non-hydrogen) atoms. The van der Waals surface area contributed by atoms with Gasteiger partial charge in [-0.05, 0) is 30.7 Å². The maximum atomic E-state index is 12.1. The van der Waals surface area contributed by atoms with Crippen LogP contribution < -0.4 is 5.32 Å². The van der Waals surface area contributed by atoms with Crippen LogP contribution in [0.5, 0.6) is 0 Å². The monoisotopic (exact) mass is 318 g/mol. The number of carbonyl (C=O) groups is 1. The van der Waals surface area contributed by atoms with Crippen molar-refractivity contribution >= 4 is 6.03 Å². The molecule has 4 heteroatoms. The highest BCUT2D eigenvalue weighted by Crippen LogP contribution is 2.30. The van der Waals surface area contributed by atoms with E-state index in [2.05, 4.69) is 12.2 Å². The van der Waals surface area contributed by atoms with Gasteiger partial charge in [-0.3, -0.25) is 0 Å². The van der Waals surface area contributed by atoms with Crippen LogP contribution in [0.3, 0.4) is 0 Å². The molecule has 1 aromatic rings. The van der Waals surface area contributed by atoms with Crippen molar-refractivity contribution in [1.82, 2.24) is 10.2 Å². The number of nitrogens with one attached hydrogen (secondary N) is 1. The molecule has 1 unspecified atom stereocenters. The summed E-state index contributed by atoms with van der Waals surface area (Å²) < 4.78 is 0. The summed E-state index contributed by atoms with van der Waals surface area (Å²) in [4.78, 5) is 14.0. The Morgan fingerprint density at radius 3 is 2.57 bits per heavy atom. The minimum absolute atomic E-state index is 0.0501. The number of hydrogen-bond donors (Lipinski definition) is 2. The molecule has 2 N–H and O–H groups in total. The van der Waals surface area contributed by atoms with Crippen molar-refractivity contribution < 1.29 is 9.90 Å². The summed E-state index contributed by atoms with van der Waals surface area (Å²) in [6.07, 6.45) is 5.99. The predicted octanol–water partition coefficient (Wildman–Crippen LogP) is 3.72. The van der Waals surface area contributed by atoms with Gasteiger partial charge in [0.05, 0.1) is 6.10 Å². The second-order valence-corrected chi connectivity index (χ2v) is 6.47. The van der Waals surface area contributed by atoms with E-state index in [1.54, 1.807) is 0 Å². The average molecular weight is 318 g/mol. The van der Waals surface area contributed by atoms with Crippen LogP contribution in [0.25, 0.3) is 0 Å². The Labute approximate surface area is 139 Å². The first-order valence-corrected chi connectivity index (χ1v) is 8.98. The maximum Gasteiger partial charge on any atom is 0.317 e. The number of unbranched alkanes of at least 4 members (excludes halogenated alkanes) is 3. The zero-order chi connectivity index (χ0) is 16.5. The van der Waals surface area contributed by atoms with E-state index in [-0.39, 0.29) is 11.9 Å². The van der Waals surface area contributed by atoms with Gasteiger partial charge in [-0.2, -0.15) is 0 Å². The summed E-state index contributed by atoms with van der Waals surface area (Å²) in [5.74, 6) is 0.242. The van der Waals surface area contributed by atoms with Gasteiger partial charge in [-0.15, -0.1) is 0 Å². The first kappa shape index (κ1) is 17.8. The number of likely N-dealkylation sites (tertiary alicyclic amines) is 1. The Balaban J connectivity index is 1.70. The molecule has 1 aromatic carbocycles. The normalized spacial score (nSPS) is 17.0. The quantitative estimate of drug-likeness (QED) is 0.753. The molecule has 0 aromatic heterocycles. The fraction of sp³-hybridized carbons (Fsp3) is 0.632. The summed E-state index contributed by atoms with van der Waals surface area (Å²) in [5, 5.41) is 13.5. The van der Waals surface area contributed by atoms with Crippen LogP contribution >= 0.6 is 0 Å². The van der Waals surface area contributed by atoms with E-state index in [1.807, 2.05) is 35.2 Å². The number of piperidine rings is 1. The number of benzene rings is 1. The Bertz CT molecular complexity index is 456. The van der Waals surface area contributed by atoms with Crippen LogP contribution in [-0.2, 0) is 0 Å². The highest BCUT2D eigenvalue weighted by Gasteiger charge is 2.27. The minimum Gasteiger partial charge on any atom is -0.388 e. The van der Waals surface area contributed by atoms with Crippen molar-refractivity contribution in [2.45, 2.75) is 51.6 Å². The third-order valence-corrected chi connectivity index (χ3v) is 4.72. The lowest BCUT2D eigenvalue weighted by Gasteiger charge is -2.34. The Hall–Kier alpha value is -1.55. The first-order valence-electron chi connectivity index (χ1n) is 8.98. The average Bonchev–Trinajstić information content (AvgIpc) is 2.61. The van der Waals surface area contributed by atoms with E-state index >= 15 is 0 Å². The Morgan fingerprint density at radius 1 is 1.22 bits per heavy atom. The summed E-state index contributed by atoms with van der Waals surface area (Å²) in [6.45, 7) is 4.42. The van der Waals surface area contributed by atoms with E-state index in [9.17, 15) is 9.90 Å². The molecule has 0 aliphatic carbocycles. The van der Waals surface area contributed by atoms with Gasteiger partial charge in [0.1, 0.15) is 0 Å². The molecule has 1 atom stereocenters. The first-order chi connectivity index (χ1) is 11.2. The molecule has 2 rings (SSSR count). The van der Waals surface area contributed by atoms with Gasteiger partial charge in [0.15, 0.2) is 0 Å². The molecular weight excluding hydrogens is 288 g/mol. The lowest BCUT2D eigenvalue weighted by Crippen LogP contribution is -2.45. The molecule has 4 nitrogen and oxygen atoms in total. The molecule has 1 aliphatic heterocycles. The van der Waals surface area contributed by atoms with Gasteiger partial charge >= 0.3 is 6.03 Å². The van der Waals surface area contributed by atoms with Crippen molar-refractivity contribution in [3.8, 4) is 0 Å². The molecule has 0 spiro atoms. The number of aliphatic hydroxyl groups excluding tert-OH is 1. The van der Waals surface area contributed by atoms with E-state index < -0.39 is 6.10 Å². The standard InChI is InChI=1S/C19H30N2O2/c1-2-3-4-8-13-20-19(23)21-14-11-17(12-15-21)18(22)16-9-6-5-7-10-16/h5-7,9-10,17-18,22H,2-4,8,11-15H2,1H3,(H,20,23). The van der Waals surface area contributed by atoms with Crippen molar-refractivity contribution in [3.05, 3.63) is 35.9 Å². The van der Waals surface area contributed by atoms with E-state index in [1.165, 1.54) is 19.3 Å². The number of carbonyl (C=O) groups excluding carboxylic acids is 1. The van der Waals surface area contributed by atoms with Crippen LogP contribution in [0.4, 0.5) is 4.79 Å². The lowest BCUT2D eigenvalue weighted by atomic mass is 9.87. The number of rotatable bonds is 7. The molecule has 128 valence electrons. The van der Waals surface area contributed by atoms with E-state index in [0.717, 1.165) is 44.5 Å². The van der Waals surface area contributed by atoms with E-state index in [0.29, 0.717) is 0 Å². The van der Waals surface area contributed by atoms with E-state index in [4.69, 9.17) is 0 Å². The summed E-state index contributed by atoms with van der Waals surface area (Å²) in [5.41, 5.74) is 0.978. The molecule has 0 radical (unpaired) electrons. The second kappa shape index (κ2) is 9.56. The zero-order valence-electron chi connectivity index (χ0n) is 14.2. The van der Waals surface area contributed by atoms with Crippen molar-refractivity contribution in [3.63, 3.8) is 0 Å². The van der Waals surface area contributed by atoms with Gasteiger partial charge < -0.3 is 15.3 Å². The van der Waals surface area contributed by atoms with Crippen LogP contribution in [-0.4, -0.2) is 35.7 Å². The van der Waals surface area contributed by atoms with Crippen molar-refractivity contribution in [2.75, 3.05) is 19.6 Å². The highest BCUT2D eigenvalue weighted by molar-refractivity contribution is 5.74. The van der Waals surface area contributed by atoms with Gasteiger partial charge in [0.25, 0.3) is 0 Å². The predicted molar refractivity (Wildman–Crippen MR) is 93.2 cm³/mol. The van der Waals surface area contributed by atoms with Crippen LogP contribution in [0, 0.1) is 5.92 Å². The van der Waals surface area contributed by atoms with Gasteiger partial charge in [-0.1, -0.05) is 56.5 Å². The molecule has 2 amide bonds. The number of hydrogen-bond acceptors (Lipinski definition) is 2. The van der Waals surface area contributed by atoms with Gasteiger partial charge in [0, 0.05) is 19.6 Å². The van der Waals surface area contributed by atoms with Crippen LogP contribution in [0.1, 0.15) is 57.1 Å². The highest BCUT2D eigenvalue weighted by atomic mass is 16.3. The molecular formula is C19H30N2O2. The number of urea groups is 1. The third-order valence-electron chi connectivity index (χ3n) is 4.72. The molecule has 1 aliphatic rings. The van der Waals surface area contributed by atoms with Gasteiger partial charge in [0.2, 0.25) is 0 Å². The third kappa shape index (κ3) is 5.54. The summed E-state index contributed by atoms with van der Waals surface area (Å²) in [6, 6.07) is 9.87. The summed E-state index contributed by atoms with van der Waals surface area (Å²) >= 11 is 0. The minimum atomic E-state index is -0.421. The number of nitrogens with zero attached hydrogens (tertiary/aromatic N) is 1. The maximum absolute atomic E-state index is 12.1. The van der Waals surface area contributed by atoms with Crippen molar-refractivity contribution in [2.24, 2.45) is 5.92 Å². The lowest BCUT2D eigenvalue weighted by molar-refractivity contribution is 0.0665. The topological polar surface area (TPSA) is 52.6 Å². The Kier molecular flexibility index (Phi) is 7.40. The van der Waals surface area contributed by atoms with Crippen molar-refractivity contribution in [1.29, 1.82) is 0 Å². The largest absolute Gasteiger partial charge is 0.388 e. The zero-order valence-corrected chi connectivity index (χ0v) is 14.2. The molecule has 0 saturated carbocycles. The molecule has 0 bridgehead atoms.